The van der Waals surface area contributed by atoms with E-state index in [2.05, 4.69) is 5.32 Å². The van der Waals surface area contributed by atoms with Crippen LogP contribution < -0.4 is 5.32 Å². The van der Waals surface area contributed by atoms with Crippen molar-refractivity contribution in [2.24, 2.45) is 0 Å². The summed E-state index contributed by atoms with van der Waals surface area (Å²) < 4.78 is 26.8. The van der Waals surface area contributed by atoms with E-state index in [-0.39, 0.29) is 6.04 Å². The van der Waals surface area contributed by atoms with E-state index in [4.69, 9.17) is 0 Å². The molecule has 0 aromatic heterocycles. The van der Waals surface area contributed by atoms with E-state index in [9.17, 15) is 8.42 Å². The first-order valence-corrected chi connectivity index (χ1v) is 9.35. The van der Waals surface area contributed by atoms with Gasteiger partial charge in [-0.3, -0.25) is 0 Å². The second-order valence-electron chi connectivity index (χ2n) is 6.23. The molecule has 1 aromatic rings. The number of nitrogens with zero attached hydrogens (tertiary/aromatic N) is 1. The lowest BCUT2D eigenvalue weighted by Gasteiger charge is -2.21. The summed E-state index contributed by atoms with van der Waals surface area (Å²) in [4.78, 5) is 0.426. The van der Waals surface area contributed by atoms with Crippen molar-refractivity contribution in [2.45, 2.75) is 56.0 Å². The summed E-state index contributed by atoms with van der Waals surface area (Å²) in [5, 5.41) is 3.47. The third kappa shape index (κ3) is 3.47. The van der Waals surface area contributed by atoms with Gasteiger partial charge in [0.2, 0.25) is 10.0 Å². The summed E-state index contributed by atoms with van der Waals surface area (Å²) in [6.45, 7) is 3.61. The van der Waals surface area contributed by atoms with Crippen LogP contribution >= 0.6 is 0 Å². The number of benzene rings is 1. The van der Waals surface area contributed by atoms with Gasteiger partial charge in [-0.1, -0.05) is 12.1 Å². The predicted molar refractivity (Wildman–Crippen MR) is 83.8 cm³/mol. The Balaban J connectivity index is 1.64. The van der Waals surface area contributed by atoms with Crippen molar-refractivity contribution in [1.82, 2.24) is 9.62 Å². The molecule has 5 heteroatoms. The summed E-state index contributed by atoms with van der Waals surface area (Å²) >= 11 is 0. The summed E-state index contributed by atoms with van der Waals surface area (Å²) in [5.74, 6) is 0. The fourth-order valence-electron chi connectivity index (χ4n) is 2.94. The van der Waals surface area contributed by atoms with E-state index in [0.29, 0.717) is 11.4 Å². The van der Waals surface area contributed by atoms with Crippen molar-refractivity contribution >= 4 is 10.0 Å². The van der Waals surface area contributed by atoms with Crippen LogP contribution in [0.1, 0.15) is 38.2 Å². The lowest BCUT2D eigenvalue weighted by molar-refractivity contribution is 0.408. The number of sulfonamides is 1. The van der Waals surface area contributed by atoms with Crippen LogP contribution in [0.4, 0.5) is 0 Å². The van der Waals surface area contributed by atoms with Gasteiger partial charge in [-0.25, -0.2) is 8.42 Å². The van der Waals surface area contributed by atoms with Crippen molar-refractivity contribution in [3.8, 4) is 0 Å². The molecule has 1 saturated carbocycles. The first kappa shape index (κ1) is 15.0. The Morgan fingerprint density at radius 3 is 2.48 bits per heavy atom. The molecule has 0 radical (unpaired) electrons. The number of hydrogen-bond acceptors (Lipinski definition) is 3. The SMILES string of the molecule is CC1CCCN1S(=O)(=O)c1ccc(CCNC2CC2)cc1. The van der Waals surface area contributed by atoms with Crippen LogP contribution in [0.25, 0.3) is 0 Å². The van der Waals surface area contributed by atoms with Gasteiger partial charge in [0.05, 0.1) is 4.90 Å². The molecule has 1 aliphatic carbocycles. The molecular weight excluding hydrogens is 284 g/mol. The molecule has 1 saturated heterocycles. The van der Waals surface area contributed by atoms with Gasteiger partial charge < -0.3 is 5.32 Å². The molecule has 0 bridgehead atoms. The average Bonchev–Trinajstić information content (AvgIpc) is 3.18. The van der Waals surface area contributed by atoms with E-state index >= 15 is 0 Å². The van der Waals surface area contributed by atoms with E-state index in [1.165, 1.54) is 18.4 Å². The Labute approximate surface area is 127 Å². The summed E-state index contributed by atoms with van der Waals surface area (Å²) in [6, 6.07) is 8.25. The monoisotopic (exact) mass is 308 g/mol. The van der Waals surface area contributed by atoms with Crippen LogP contribution in [-0.4, -0.2) is 37.9 Å². The molecule has 1 heterocycles. The minimum Gasteiger partial charge on any atom is -0.314 e. The molecule has 1 aromatic carbocycles. The molecule has 1 N–H and O–H groups in total. The lowest BCUT2D eigenvalue weighted by atomic mass is 10.1. The minimum atomic E-state index is -3.31. The topological polar surface area (TPSA) is 49.4 Å². The fraction of sp³-hybridized carbons (Fsp3) is 0.625. The highest BCUT2D eigenvalue weighted by Crippen LogP contribution is 2.25. The third-order valence-corrected chi connectivity index (χ3v) is 6.47. The maximum atomic E-state index is 12.6. The second-order valence-corrected chi connectivity index (χ2v) is 8.12. The molecule has 21 heavy (non-hydrogen) atoms. The highest BCUT2D eigenvalue weighted by molar-refractivity contribution is 7.89. The standard InChI is InChI=1S/C16H24N2O2S/c1-13-3-2-12-18(13)21(19,20)16-8-4-14(5-9-16)10-11-17-15-6-7-15/h4-5,8-9,13,15,17H,2-3,6-7,10-12H2,1H3. The van der Waals surface area contributed by atoms with Gasteiger partial charge in [0.25, 0.3) is 0 Å². The summed E-state index contributed by atoms with van der Waals surface area (Å²) in [6.07, 6.45) is 5.48. The number of nitrogens with one attached hydrogen (secondary N) is 1. The van der Waals surface area contributed by atoms with Gasteiger partial charge in [-0.2, -0.15) is 4.31 Å². The molecule has 3 rings (SSSR count). The predicted octanol–water partition coefficient (Wildman–Crippen LogP) is 2.15. The maximum absolute atomic E-state index is 12.6. The molecule has 4 nitrogen and oxygen atoms in total. The molecule has 116 valence electrons. The first-order chi connectivity index (χ1) is 10.1. The minimum absolute atomic E-state index is 0.123. The zero-order valence-corrected chi connectivity index (χ0v) is 13.4. The number of hydrogen-bond donors (Lipinski definition) is 1. The molecule has 1 unspecified atom stereocenters. The molecule has 2 fully saturated rings. The highest BCUT2D eigenvalue weighted by Gasteiger charge is 2.32. The van der Waals surface area contributed by atoms with Crippen LogP contribution in [0.5, 0.6) is 0 Å². The Morgan fingerprint density at radius 2 is 1.90 bits per heavy atom. The van der Waals surface area contributed by atoms with Gasteiger partial charge >= 0.3 is 0 Å². The van der Waals surface area contributed by atoms with Crippen LogP contribution in [0.2, 0.25) is 0 Å². The van der Waals surface area contributed by atoms with Gasteiger partial charge in [-0.05, 0) is 63.3 Å². The fourth-order valence-corrected chi connectivity index (χ4v) is 4.64. The average molecular weight is 308 g/mol. The molecule has 0 amide bonds. The largest absolute Gasteiger partial charge is 0.314 e. The van der Waals surface area contributed by atoms with Crippen molar-refractivity contribution in [3.63, 3.8) is 0 Å². The molecule has 1 aliphatic heterocycles. The maximum Gasteiger partial charge on any atom is 0.243 e. The molecule has 1 atom stereocenters. The second kappa shape index (κ2) is 6.07. The van der Waals surface area contributed by atoms with Crippen molar-refractivity contribution in [1.29, 1.82) is 0 Å². The van der Waals surface area contributed by atoms with Crippen LogP contribution in [0.15, 0.2) is 29.2 Å². The van der Waals surface area contributed by atoms with E-state index < -0.39 is 10.0 Å². The Hall–Kier alpha value is -0.910. The quantitative estimate of drug-likeness (QED) is 0.876. The van der Waals surface area contributed by atoms with Crippen LogP contribution in [-0.2, 0) is 16.4 Å². The Morgan fingerprint density at radius 1 is 1.19 bits per heavy atom. The van der Waals surface area contributed by atoms with Gasteiger partial charge in [0.15, 0.2) is 0 Å². The molecular formula is C16H24N2O2S. The number of rotatable bonds is 6. The Bertz CT molecular complexity index is 579. The van der Waals surface area contributed by atoms with Crippen LogP contribution in [0.3, 0.4) is 0 Å². The summed E-state index contributed by atoms with van der Waals surface area (Å²) in [7, 11) is -3.31. The van der Waals surface area contributed by atoms with Crippen LogP contribution in [0, 0.1) is 0 Å². The van der Waals surface area contributed by atoms with E-state index in [1.54, 1.807) is 16.4 Å². The molecule has 0 spiro atoms. The van der Waals surface area contributed by atoms with Crippen molar-refractivity contribution < 1.29 is 8.42 Å². The zero-order chi connectivity index (χ0) is 14.9. The van der Waals surface area contributed by atoms with Gasteiger partial charge in [0, 0.05) is 18.6 Å². The van der Waals surface area contributed by atoms with E-state index in [0.717, 1.165) is 31.8 Å². The van der Waals surface area contributed by atoms with Gasteiger partial charge in [0.1, 0.15) is 0 Å². The highest BCUT2D eigenvalue weighted by atomic mass is 32.2. The smallest absolute Gasteiger partial charge is 0.243 e. The Kier molecular flexibility index (Phi) is 4.33. The summed E-state index contributed by atoms with van der Waals surface area (Å²) in [5.41, 5.74) is 1.19. The normalized spacial score (nSPS) is 23.6. The van der Waals surface area contributed by atoms with Crippen molar-refractivity contribution in [3.05, 3.63) is 29.8 Å². The van der Waals surface area contributed by atoms with Crippen molar-refractivity contribution in [2.75, 3.05) is 13.1 Å². The first-order valence-electron chi connectivity index (χ1n) is 7.91. The molecule has 2 aliphatic rings. The zero-order valence-electron chi connectivity index (χ0n) is 12.6. The van der Waals surface area contributed by atoms with E-state index in [1.807, 2.05) is 19.1 Å². The van der Waals surface area contributed by atoms with Gasteiger partial charge in [-0.15, -0.1) is 0 Å². The third-order valence-electron chi connectivity index (χ3n) is 4.45. The lowest BCUT2D eigenvalue weighted by Crippen LogP contribution is -2.33.